The minimum absolute atomic E-state index is 0.233. The molecule has 1 aromatic rings. The molecule has 3 rings (SSSR count). The summed E-state index contributed by atoms with van der Waals surface area (Å²) in [4.78, 5) is 25.5. The molecule has 0 aromatic carbocycles. The van der Waals surface area contributed by atoms with Crippen molar-refractivity contribution in [2.24, 2.45) is 0 Å². The molecule has 9 heteroatoms. The minimum atomic E-state index is -1.33. The van der Waals surface area contributed by atoms with Gasteiger partial charge in [0.05, 0.1) is 13.0 Å². The average Bonchev–Trinajstić information content (AvgIpc) is 3.00. The number of hydrogen-bond acceptors (Lipinski definition) is 8. The van der Waals surface area contributed by atoms with Gasteiger partial charge in [0, 0.05) is 12.1 Å². The van der Waals surface area contributed by atoms with Crippen LogP contribution < -0.4 is 0 Å². The van der Waals surface area contributed by atoms with Gasteiger partial charge in [-0.3, -0.25) is 0 Å². The minimum Gasteiger partial charge on any atom is -0.399 e. The summed E-state index contributed by atoms with van der Waals surface area (Å²) in [6.07, 6.45) is 2.03. The highest BCUT2D eigenvalue weighted by atomic mass is 16.8. The van der Waals surface area contributed by atoms with Crippen LogP contribution in [0.15, 0.2) is 6.08 Å². The van der Waals surface area contributed by atoms with Crippen LogP contribution in [0.1, 0.15) is 19.2 Å². The number of hydrogen-bond donors (Lipinski definition) is 0. The molecule has 0 radical (unpaired) electrons. The van der Waals surface area contributed by atoms with Crippen molar-refractivity contribution in [3.05, 3.63) is 11.9 Å². The Morgan fingerprint density at radius 3 is 2.60 bits per heavy atom. The largest absolute Gasteiger partial charge is 0.421 e. The number of ether oxygens (including phenoxy) is 2. The smallest absolute Gasteiger partial charge is 0.399 e. The lowest BCUT2D eigenvalue weighted by Gasteiger charge is -2.36. The van der Waals surface area contributed by atoms with Crippen LogP contribution in [0.25, 0.3) is 5.57 Å². The van der Waals surface area contributed by atoms with E-state index in [2.05, 4.69) is 15.4 Å². The third-order valence-corrected chi connectivity index (χ3v) is 3.29. The number of likely N-dealkylation sites (N-methyl/N-ethyl adjacent to an activating group) is 1. The monoisotopic (exact) mass is 279 g/mol. The van der Waals surface area contributed by atoms with Crippen LogP contribution in [0.3, 0.4) is 0 Å². The number of carbonyl (C=O) groups is 2. The van der Waals surface area contributed by atoms with Crippen LogP contribution in [0.5, 0.6) is 0 Å². The second-order valence-electron chi connectivity index (χ2n) is 4.58. The first kappa shape index (κ1) is 12.7. The van der Waals surface area contributed by atoms with E-state index in [0.717, 1.165) is 5.57 Å². The van der Waals surface area contributed by atoms with Crippen molar-refractivity contribution >= 4 is 17.5 Å². The number of aryl methyl sites for hydroxylation is 1. The molecule has 106 valence electrons. The maximum Gasteiger partial charge on any atom is 0.421 e. The third kappa shape index (κ3) is 1.86. The summed E-state index contributed by atoms with van der Waals surface area (Å²) in [6, 6.07) is 0. The molecule has 0 amide bonds. The molecule has 0 N–H and O–H groups in total. The van der Waals surface area contributed by atoms with E-state index in [1.165, 1.54) is 4.80 Å². The topological polar surface area (TPSA) is 99.4 Å². The molecule has 2 aliphatic rings. The average molecular weight is 279 g/mol. The van der Waals surface area contributed by atoms with Crippen molar-refractivity contribution in [2.75, 3.05) is 13.6 Å². The van der Waals surface area contributed by atoms with Gasteiger partial charge < -0.3 is 9.47 Å². The summed E-state index contributed by atoms with van der Waals surface area (Å²) >= 11 is 0. The van der Waals surface area contributed by atoms with Gasteiger partial charge in [0.2, 0.25) is 5.82 Å². The summed E-state index contributed by atoms with van der Waals surface area (Å²) in [5.74, 6) is -2.75. The van der Waals surface area contributed by atoms with E-state index in [1.54, 1.807) is 18.0 Å². The molecule has 1 spiro atoms. The Hall–Kier alpha value is -2.29. The van der Waals surface area contributed by atoms with Gasteiger partial charge in [-0.25, -0.2) is 14.5 Å². The highest BCUT2D eigenvalue weighted by Gasteiger charge is 2.52. The van der Waals surface area contributed by atoms with Crippen LogP contribution in [0.4, 0.5) is 0 Å². The van der Waals surface area contributed by atoms with E-state index >= 15 is 0 Å². The Kier molecular flexibility index (Phi) is 2.78. The Labute approximate surface area is 114 Å². The van der Waals surface area contributed by atoms with Crippen LogP contribution in [0.2, 0.25) is 0 Å². The molecule has 0 atom stereocenters. The zero-order chi connectivity index (χ0) is 14.3. The van der Waals surface area contributed by atoms with Gasteiger partial charge in [-0.05, 0) is 19.2 Å². The predicted molar refractivity (Wildman–Crippen MR) is 63.6 cm³/mol. The highest BCUT2D eigenvalue weighted by molar-refractivity contribution is 6.31. The summed E-state index contributed by atoms with van der Waals surface area (Å²) in [6.45, 7) is 2.94. The molecule has 0 unspecified atom stereocenters. The first-order chi connectivity index (χ1) is 9.54. The zero-order valence-corrected chi connectivity index (χ0v) is 11.1. The zero-order valence-electron chi connectivity index (χ0n) is 11.1. The van der Waals surface area contributed by atoms with Crippen LogP contribution >= 0.6 is 0 Å². The van der Waals surface area contributed by atoms with E-state index in [4.69, 9.17) is 9.47 Å². The molecule has 0 aliphatic carbocycles. The SMILES string of the molecule is CCn1nnc(C2=CCC3(OC(=O)C(=O)O3)N(C)C2)n1. The fourth-order valence-electron chi connectivity index (χ4n) is 2.15. The summed E-state index contributed by atoms with van der Waals surface area (Å²) in [7, 11) is 1.70. The second kappa shape index (κ2) is 4.37. The first-order valence-corrected chi connectivity index (χ1v) is 6.19. The molecular weight excluding hydrogens is 266 g/mol. The van der Waals surface area contributed by atoms with Crippen LogP contribution in [-0.4, -0.2) is 56.5 Å². The van der Waals surface area contributed by atoms with Gasteiger partial charge in [-0.1, -0.05) is 6.08 Å². The number of aromatic nitrogens is 4. The van der Waals surface area contributed by atoms with E-state index in [0.29, 0.717) is 18.9 Å². The molecule has 1 aromatic heterocycles. The van der Waals surface area contributed by atoms with Gasteiger partial charge in [-0.15, -0.1) is 10.2 Å². The van der Waals surface area contributed by atoms with Crippen LogP contribution in [-0.2, 0) is 25.6 Å². The number of nitrogens with zero attached hydrogens (tertiary/aromatic N) is 5. The Morgan fingerprint density at radius 2 is 2.05 bits per heavy atom. The molecule has 1 saturated heterocycles. The molecule has 9 nitrogen and oxygen atoms in total. The lowest BCUT2D eigenvalue weighted by molar-refractivity contribution is -0.241. The maximum absolute atomic E-state index is 11.2. The number of rotatable bonds is 2. The molecule has 20 heavy (non-hydrogen) atoms. The number of carbonyl (C=O) groups excluding carboxylic acids is 2. The molecule has 2 aliphatic heterocycles. The van der Waals surface area contributed by atoms with Gasteiger partial charge in [0.15, 0.2) is 0 Å². The van der Waals surface area contributed by atoms with Gasteiger partial charge in [0.1, 0.15) is 0 Å². The lowest BCUT2D eigenvalue weighted by atomic mass is 10.1. The van der Waals surface area contributed by atoms with Gasteiger partial charge in [0.25, 0.3) is 0 Å². The lowest BCUT2D eigenvalue weighted by Crippen LogP contribution is -2.50. The summed E-state index contributed by atoms with van der Waals surface area (Å²) in [5, 5.41) is 12.1. The van der Waals surface area contributed by atoms with Gasteiger partial charge >= 0.3 is 17.8 Å². The van der Waals surface area contributed by atoms with Crippen molar-refractivity contribution in [1.29, 1.82) is 0 Å². The quantitative estimate of drug-likeness (QED) is 0.510. The van der Waals surface area contributed by atoms with Crippen LogP contribution in [0, 0.1) is 0 Å². The fraction of sp³-hybridized carbons (Fsp3) is 0.545. The molecular formula is C11H13N5O4. The fourth-order valence-corrected chi connectivity index (χ4v) is 2.15. The number of tetrazole rings is 1. The van der Waals surface area contributed by atoms with Crippen molar-refractivity contribution in [3.8, 4) is 0 Å². The first-order valence-electron chi connectivity index (χ1n) is 6.19. The van der Waals surface area contributed by atoms with E-state index < -0.39 is 17.8 Å². The van der Waals surface area contributed by atoms with Gasteiger partial charge in [-0.2, -0.15) is 4.80 Å². The Morgan fingerprint density at radius 1 is 1.35 bits per heavy atom. The van der Waals surface area contributed by atoms with E-state index in [-0.39, 0.29) is 6.42 Å². The Bertz CT molecular complexity index is 592. The third-order valence-electron chi connectivity index (χ3n) is 3.29. The maximum atomic E-state index is 11.2. The van der Waals surface area contributed by atoms with Crippen molar-refractivity contribution < 1.29 is 19.1 Å². The molecule has 0 saturated carbocycles. The van der Waals surface area contributed by atoms with Crippen molar-refractivity contribution in [1.82, 2.24) is 25.1 Å². The van der Waals surface area contributed by atoms with E-state index in [9.17, 15) is 9.59 Å². The molecule has 1 fully saturated rings. The normalized spacial score (nSPS) is 21.8. The predicted octanol–water partition coefficient (Wildman–Crippen LogP) is -0.834. The van der Waals surface area contributed by atoms with Crippen molar-refractivity contribution in [3.63, 3.8) is 0 Å². The van der Waals surface area contributed by atoms with Crippen molar-refractivity contribution in [2.45, 2.75) is 25.8 Å². The highest BCUT2D eigenvalue weighted by Crippen LogP contribution is 2.34. The summed E-state index contributed by atoms with van der Waals surface area (Å²) < 4.78 is 10.1. The molecule has 0 bridgehead atoms. The second-order valence-corrected chi connectivity index (χ2v) is 4.58. The van der Waals surface area contributed by atoms with E-state index in [1.807, 2.05) is 6.92 Å². The molecule has 3 heterocycles. The summed E-state index contributed by atoms with van der Waals surface area (Å²) in [5.41, 5.74) is 0.844. The Balaban J connectivity index is 1.84. The standard InChI is InChI=1S/C11H13N5O4/c1-3-16-13-8(12-14-16)7-4-5-11(15(2)6-7)19-9(17)10(18)20-11/h4H,3,5-6H2,1-2H3. The number of esters is 2.